The van der Waals surface area contributed by atoms with Gasteiger partial charge < -0.3 is 10.5 Å². The van der Waals surface area contributed by atoms with Gasteiger partial charge in [0.15, 0.2) is 5.69 Å². The van der Waals surface area contributed by atoms with Gasteiger partial charge in [0.05, 0.1) is 17.8 Å². The molecule has 1 heterocycles. The van der Waals surface area contributed by atoms with E-state index in [0.29, 0.717) is 0 Å². The minimum absolute atomic E-state index is 0.195. The first-order valence-corrected chi connectivity index (χ1v) is 5.87. The minimum atomic E-state index is -4.78. The van der Waals surface area contributed by atoms with Crippen molar-refractivity contribution in [3.63, 3.8) is 0 Å². The Kier molecular flexibility index (Phi) is 3.70. The molecule has 0 unspecified atom stereocenters. The Balaban J connectivity index is 2.66. The molecule has 110 valence electrons. The van der Waals surface area contributed by atoms with Crippen molar-refractivity contribution in [3.8, 4) is 17.5 Å². The van der Waals surface area contributed by atoms with Crippen LogP contribution in [-0.2, 0) is 6.18 Å². The van der Waals surface area contributed by atoms with Crippen LogP contribution in [0.1, 0.15) is 11.3 Å². The minimum Gasteiger partial charge on any atom is -0.495 e. The van der Waals surface area contributed by atoms with Crippen LogP contribution in [0.15, 0.2) is 18.2 Å². The predicted octanol–water partition coefficient (Wildman–Crippen LogP) is 3.01. The van der Waals surface area contributed by atoms with E-state index in [-0.39, 0.29) is 16.5 Å². The number of aromatic nitrogens is 2. The van der Waals surface area contributed by atoms with Crippen LogP contribution in [0.2, 0.25) is 5.02 Å². The van der Waals surface area contributed by atoms with Gasteiger partial charge in [-0.3, -0.25) is 0 Å². The Bertz CT molecular complexity index is 733. The number of anilines is 1. The summed E-state index contributed by atoms with van der Waals surface area (Å²) in [6.07, 6.45) is -4.78. The number of hydrogen-bond acceptors (Lipinski definition) is 4. The fourth-order valence-corrected chi connectivity index (χ4v) is 1.91. The van der Waals surface area contributed by atoms with Gasteiger partial charge >= 0.3 is 6.18 Å². The number of rotatable bonds is 2. The normalized spacial score (nSPS) is 11.2. The van der Waals surface area contributed by atoms with E-state index < -0.39 is 23.3 Å². The molecule has 2 N–H and O–H groups in total. The molecule has 0 radical (unpaired) electrons. The number of benzene rings is 1. The number of ether oxygens (including phenoxy) is 1. The van der Waals surface area contributed by atoms with E-state index in [1.165, 1.54) is 31.4 Å². The van der Waals surface area contributed by atoms with Crippen LogP contribution in [0.3, 0.4) is 0 Å². The number of methoxy groups -OCH3 is 1. The zero-order valence-corrected chi connectivity index (χ0v) is 11.3. The van der Waals surface area contributed by atoms with Gasteiger partial charge in [-0.2, -0.15) is 23.5 Å². The molecule has 21 heavy (non-hydrogen) atoms. The first-order chi connectivity index (χ1) is 9.79. The van der Waals surface area contributed by atoms with E-state index in [9.17, 15) is 13.2 Å². The van der Waals surface area contributed by atoms with Gasteiger partial charge in [0.2, 0.25) is 0 Å². The predicted molar refractivity (Wildman–Crippen MR) is 69.3 cm³/mol. The maximum absolute atomic E-state index is 12.8. The molecule has 0 saturated heterocycles. The molecular formula is C12H8ClF3N4O. The zero-order chi connectivity index (χ0) is 15.8. The Morgan fingerprint density at radius 2 is 2.10 bits per heavy atom. The number of halogens is 4. The summed E-state index contributed by atoms with van der Waals surface area (Å²) < 4.78 is 44.3. The Labute approximate surface area is 122 Å². The Hall–Kier alpha value is -2.40. The van der Waals surface area contributed by atoms with Crippen LogP contribution in [0.4, 0.5) is 19.0 Å². The molecule has 2 rings (SSSR count). The third-order valence-corrected chi connectivity index (χ3v) is 2.99. The van der Waals surface area contributed by atoms with Gasteiger partial charge in [-0.1, -0.05) is 11.6 Å². The van der Waals surface area contributed by atoms with Crippen molar-refractivity contribution in [2.45, 2.75) is 6.18 Å². The largest absolute Gasteiger partial charge is 0.495 e. The van der Waals surface area contributed by atoms with Crippen LogP contribution in [-0.4, -0.2) is 16.9 Å². The van der Waals surface area contributed by atoms with Gasteiger partial charge in [0, 0.05) is 6.07 Å². The van der Waals surface area contributed by atoms with Crippen LogP contribution in [0.25, 0.3) is 5.69 Å². The molecule has 2 aromatic rings. The molecule has 0 atom stereocenters. The second kappa shape index (κ2) is 5.18. The molecule has 0 saturated carbocycles. The highest BCUT2D eigenvalue weighted by molar-refractivity contribution is 6.32. The molecule has 9 heteroatoms. The number of hydrogen-bond donors (Lipinski definition) is 1. The molecule has 0 bridgehead atoms. The lowest BCUT2D eigenvalue weighted by atomic mass is 10.2. The summed E-state index contributed by atoms with van der Waals surface area (Å²) in [4.78, 5) is 0. The van der Waals surface area contributed by atoms with E-state index >= 15 is 0 Å². The first kappa shape index (κ1) is 15.0. The number of nitrogens with zero attached hydrogens (tertiary/aromatic N) is 3. The number of nitriles is 1. The third kappa shape index (κ3) is 2.60. The Morgan fingerprint density at radius 1 is 1.43 bits per heavy atom. The van der Waals surface area contributed by atoms with Crippen LogP contribution < -0.4 is 10.5 Å². The first-order valence-electron chi connectivity index (χ1n) is 5.49. The second-order valence-electron chi connectivity index (χ2n) is 3.95. The average Bonchev–Trinajstić information content (AvgIpc) is 2.76. The van der Waals surface area contributed by atoms with Crippen molar-refractivity contribution in [2.24, 2.45) is 0 Å². The average molecular weight is 317 g/mol. The third-order valence-electron chi connectivity index (χ3n) is 2.68. The summed E-state index contributed by atoms with van der Waals surface area (Å²) in [5, 5.41) is 12.5. The van der Waals surface area contributed by atoms with E-state index in [0.717, 1.165) is 4.68 Å². The molecule has 0 aliphatic rings. The summed E-state index contributed by atoms with van der Waals surface area (Å²) >= 11 is 5.84. The van der Waals surface area contributed by atoms with Crippen molar-refractivity contribution < 1.29 is 17.9 Å². The highest BCUT2D eigenvalue weighted by Crippen LogP contribution is 2.35. The number of nitrogen functional groups attached to an aromatic ring is 1. The maximum Gasteiger partial charge on any atom is 0.436 e. The van der Waals surface area contributed by atoms with Gasteiger partial charge in [-0.15, -0.1) is 0 Å². The van der Waals surface area contributed by atoms with Crippen molar-refractivity contribution in [1.82, 2.24) is 9.78 Å². The summed E-state index contributed by atoms with van der Waals surface area (Å²) in [6.45, 7) is 0. The topological polar surface area (TPSA) is 76.9 Å². The molecule has 5 nitrogen and oxygen atoms in total. The standard InChI is InChI=1S/C12H8ClF3N4O/c1-21-9-4-6(2-3-8(9)13)20-11(18)7(5-17)10(19-20)12(14,15)16/h2-4H,18H2,1H3. The van der Waals surface area contributed by atoms with Crippen molar-refractivity contribution in [1.29, 1.82) is 5.26 Å². The summed E-state index contributed by atoms with van der Waals surface area (Å²) in [5.41, 5.74) is 3.71. The lowest BCUT2D eigenvalue weighted by Gasteiger charge is -2.08. The summed E-state index contributed by atoms with van der Waals surface area (Å²) in [5.74, 6) is -0.162. The Morgan fingerprint density at radius 3 is 2.57 bits per heavy atom. The molecular weight excluding hydrogens is 309 g/mol. The van der Waals surface area contributed by atoms with Gasteiger partial charge in [0.1, 0.15) is 23.2 Å². The fraction of sp³-hybridized carbons (Fsp3) is 0.167. The van der Waals surface area contributed by atoms with E-state index in [2.05, 4.69) is 5.10 Å². The fourth-order valence-electron chi connectivity index (χ4n) is 1.72. The molecule has 0 aliphatic heterocycles. The SMILES string of the molecule is COc1cc(-n2nc(C(F)(F)F)c(C#N)c2N)ccc1Cl. The van der Waals surface area contributed by atoms with E-state index in [1.807, 2.05) is 0 Å². The lowest BCUT2D eigenvalue weighted by Crippen LogP contribution is -2.08. The van der Waals surface area contributed by atoms with Gasteiger partial charge in [-0.25, -0.2) is 4.68 Å². The van der Waals surface area contributed by atoms with Gasteiger partial charge in [0.25, 0.3) is 0 Å². The van der Waals surface area contributed by atoms with Gasteiger partial charge in [-0.05, 0) is 12.1 Å². The highest BCUT2D eigenvalue weighted by atomic mass is 35.5. The summed E-state index contributed by atoms with van der Waals surface area (Å²) in [7, 11) is 1.36. The van der Waals surface area contributed by atoms with E-state index in [1.54, 1.807) is 0 Å². The van der Waals surface area contributed by atoms with Crippen molar-refractivity contribution in [2.75, 3.05) is 12.8 Å². The van der Waals surface area contributed by atoms with E-state index in [4.69, 9.17) is 27.3 Å². The maximum atomic E-state index is 12.8. The zero-order valence-electron chi connectivity index (χ0n) is 10.6. The van der Waals surface area contributed by atoms with Crippen molar-refractivity contribution in [3.05, 3.63) is 34.5 Å². The summed E-state index contributed by atoms with van der Waals surface area (Å²) in [6, 6.07) is 5.62. The molecule has 0 amide bonds. The van der Waals surface area contributed by atoms with Crippen LogP contribution in [0.5, 0.6) is 5.75 Å². The quantitative estimate of drug-likeness (QED) is 0.924. The highest BCUT2D eigenvalue weighted by Gasteiger charge is 2.39. The van der Waals surface area contributed by atoms with Crippen molar-refractivity contribution >= 4 is 17.4 Å². The molecule has 0 spiro atoms. The number of nitrogens with two attached hydrogens (primary N) is 1. The smallest absolute Gasteiger partial charge is 0.436 e. The monoisotopic (exact) mass is 316 g/mol. The lowest BCUT2D eigenvalue weighted by molar-refractivity contribution is -0.141. The molecule has 0 aliphatic carbocycles. The van der Waals surface area contributed by atoms with Crippen LogP contribution >= 0.6 is 11.6 Å². The van der Waals surface area contributed by atoms with Crippen LogP contribution in [0, 0.1) is 11.3 Å². The number of alkyl halides is 3. The second-order valence-corrected chi connectivity index (χ2v) is 4.36. The molecule has 0 fully saturated rings. The molecule has 1 aromatic heterocycles. The molecule has 1 aromatic carbocycles.